The van der Waals surface area contributed by atoms with Crippen LogP contribution in [0.1, 0.15) is 12.5 Å². The highest BCUT2D eigenvalue weighted by atomic mass is 16.1. The van der Waals surface area contributed by atoms with Crippen LogP contribution in [0, 0.1) is 11.3 Å². The average Bonchev–Trinajstić information content (AvgIpc) is 2.64. The lowest BCUT2D eigenvalue weighted by atomic mass is 10.2. The third kappa shape index (κ3) is 4.52. The van der Waals surface area contributed by atoms with Crippen LogP contribution in [-0.2, 0) is 4.79 Å². The molecule has 0 saturated carbocycles. The highest BCUT2D eigenvalue weighted by molar-refractivity contribution is 5.88. The van der Waals surface area contributed by atoms with Gasteiger partial charge in [0.25, 0.3) is 0 Å². The molecule has 2 aromatic carbocycles. The molecular weight excluding hydrogens is 330 g/mol. The summed E-state index contributed by atoms with van der Waals surface area (Å²) in [7, 11) is 0. The monoisotopic (exact) mass is 345 g/mol. The second-order valence-electron chi connectivity index (χ2n) is 5.36. The summed E-state index contributed by atoms with van der Waals surface area (Å²) in [6.45, 7) is 1.46. The maximum Gasteiger partial charge on any atom is 0.249 e. The second kappa shape index (κ2) is 7.72. The van der Waals surface area contributed by atoms with Crippen molar-refractivity contribution in [1.29, 1.82) is 5.26 Å². The van der Waals surface area contributed by atoms with Crippen LogP contribution in [0.3, 0.4) is 0 Å². The summed E-state index contributed by atoms with van der Waals surface area (Å²) in [5.41, 5.74) is 2.84. The van der Waals surface area contributed by atoms with Crippen molar-refractivity contribution in [1.82, 2.24) is 15.2 Å². The van der Waals surface area contributed by atoms with E-state index < -0.39 is 0 Å². The van der Waals surface area contributed by atoms with Crippen molar-refractivity contribution in [2.45, 2.75) is 6.92 Å². The van der Waals surface area contributed by atoms with Crippen molar-refractivity contribution in [3.05, 3.63) is 60.3 Å². The molecular formula is C18H15N7O. The van der Waals surface area contributed by atoms with E-state index in [9.17, 15) is 4.79 Å². The Morgan fingerprint density at radius 2 is 1.58 bits per heavy atom. The minimum absolute atomic E-state index is 0.125. The molecule has 1 heterocycles. The van der Waals surface area contributed by atoms with E-state index in [-0.39, 0.29) is 5.91 Å². The maximum atomic E-state index is 11.0. The Morgan fingerprint density at radius 1 is 0.962 bits per heavy atom. The summed E-state index contributed by atoms with van der Waals surface area (Å²) in [5, 5.41) is 25.5. The van der Waals surface area contributed by atoms with Crippen molar-refractivity contribution >= 4 is 34.7 Å². The number of nitrogens with one attached hydrogen (secondary N) is 3. The molecule has 26 heavy (non-hydrogen) atoms. The lowest BCUT2D eigenvalue weighted by Crippen LogP contribution is -2.05. The highest BCUT2D eigenvalue weighted by Crippen LogP contribution is 2.18. The predicted octanol–water partition coefficient (Wildman–Crippen LogP) is 3.19. The molecule has 8 nitrogen and oxygen atoms in total. The fourth-order valence-corrected chi connectivity index (χ4v) is 2.16. The van der Waals surface area contributed by atoms with Gasteiger partial charge in [0, 0.05) is 24.0 Å². The van der Waals surface area contributed by atoms with Crippen LogP contribution in [0.2, 0.25) is 0 Å². The first-order valence-corrected chi connectivity index (χ1v) is 7.74. The molecule has 0 saturated heterocycles. The Morgan fingerprint density at radius 3 is 2.23 bits per heavy atom. The molecule has 0 atom stereocenters. The molecule has 8 heteroatoms. The zero-order chi connectivity index (χ0) is 18.4. The summed E-state index contributed by atoms with van der Waals surface area (Å²) in [6.07, 6.45) is 1.50. The van der Waals surface area contributed by atoms with Crippen LogP contribution in [0.5, 0.6) is 0 Å². The van der Waals surface area contributed by atoms with Gasteiger partial charge in [-0.2, -0.15) is 15.3 Å². The minimum Gasteiger partial charge on any atom is -0.339 e. The van der Waals surface area contributed by atoms with Crippen molar-refractivity contribution < 1.29 is 4.79 Å². The van der Waals surface area contributed by atoms with E-state index >= 15 is 0 Å². The molecule has 0 aliphatic carbocycles. The normalized spacial score (nSPS) is 9.85. The molecule has 1 aromatic heterocycles. The van der Waals surface area contributed by atoms with Gasteiger partial charge in [0.15, 0.2) is 5.82 Å². The minimum atomic E-state index is -0.125. The van der Waals surface area contributed by atoms with Gasteiger partial charge >= 0.3 is 0 Å². The second-order valence-corrected chi connectivity index (χ2v) is 5.36. The Hall–Kier alpha value is -3.99. The zero-order valence-electron chi connectivity index (χ0n) is 13.9. The summed E-state index contributed by atoms with van der Waals surface area (Å²) in [5.74, 6) is 0.720. The SMILES string of the molecule is CC(=O)Nc1ccc(Nc2nncc(Nc3ccc(C#N)cc3)n2)cc1. The smallest absolute Gasteiger partial charge is 0.249 e. The summed E-state index contributed by atoms with van der Waals surface area (Å²) >= 11 is 0. The third-order valence-corrected chi connectivity index (χ3v) is 3.31. The van der Waals surface area contributed by atoms with Gasteiger partial charge in [0.1, 0.15) is 0 Å². The van der Waals surface area contributed by atoms with E-state index in [2.05, 4.69) is 37.2 Å². The van der Waals surface area contributed by atoms with Gasteiger partial charge in [-0.3, -0.25) is 4.79 Å². The Labute approximate surface area is 149 Å². The molecule has 0 bridgehead atoms. The largest absolute Gasteiger partial charge is 0.339 e. The van der Waals surface area contributed by atoms with Crippen LogP contribution in [0.25, 0.3) is 0 Å². The standard InChI is InChI=1S/C18H15N7O/c1-12(26)21-14-6-8-16(9-7-14)23-18-24-17(11-20-25-18)22-15-4-2-13(10-19)3-5-15/h2-9,11H,1H3,(H,21,26)(H2,22,23,24,25). The molecule has 0 spiro atoms. The van der Waals surface area contributed by atoms with Gasteiger partial charge in [0.05, 0.1) is 17.8 Å². The number of benzene rings is 2. The van der Waals surface area contributed by atoms with Crippen LogP contribution >= 0.6 is 0 Å². The number of carbonyl (C=O) groups is 1. The van der Waals surface area contributed by atoms with Gasteiger partial charge in [-0.05, 0) is 48.5 Å². The number of anilines is 5. The van der Waals surface area contributed by atoms with Crippen LogP contribution in [0.4, 0.5) is 28.8 Å². The molecule has 1 amide bonds. The number of hydrogen-bond acceptors (Lipinski definition) is 7. The van der Waals surface area contributed by atoms with Gasteiger partial charge in [0.2, 0.25) is 11.9 Å². The zero-order valence-corrected chi connectivity index (χ0v) is 13.9. The van der Waals surface area contributed by atoms with E-state index in [0.29, 0.717) is 23.0 Å². The fourth-order valence-electron chi connectivity index (χ4n) is 2.16. The number of nitrogens with zero attached hydrogens (tertiary/aromatic N) is 4. The summed E-state index contributed by atoms with van der Waals surface area (Å²) < 4.78 is 0. The number of amides is 1. The summed E-state index contributed by atoms with van der Waals surface area (Å²) in [4.78, 5) is 15.4. The van der Waals surface area contributed by atoms with Crippen LogP contribution < -0.4 is 16.0 Å². The summed E-state index contributed by atoms with van der Waals surface area (Å²) in [6, 6.07) is 16.2. The van der Waals surface area contributed by atoms with Gasteiger partial charge in [-0.1, -0.05) is 0 Å². The van der Waals surface area contributed by atoms with E-state index in [1.54, 1.807) is 48.5 Å². The number of carbonyl (C=O) groups excluding carboxylic acids is 1. The molecule has 128 valence electrons. The van der Waals surface area contributed by atoms with Gasteiger partial charge in [-0.15, -0.1) is 5.10 Å². The van der Waals surface area contributed by atoms with Crippen LogP contribution in [0.15, 0.2) is 54.7 Å². The Balaban J connectivity index is 1.68. The lowest BCUT2D eigenvalue weighted by molar-refractivity contribution is -0.114. The van der Waals surface area contributed by atoms with Gasteiger partial charge < -0.3 is 16.0 Å². The maximum absolute atomic E-state index is 11.0. The Bertz CT molecular complexity index is 947. The topological polar surface area (TPSA) is 116 Å². The first-order valence-electron chi connectivity index (χ1n) is 7.74. The number of aromatic nitrogens is 3. The van der Waals surface area contributed by atoms with Crippen molar-refractivity contribution in [2.24, 2.45) is 0 Å². The van der Waals surface area contributed by atoms with Gasteiger partial charge in [-0.25, -0.2) is 0 Å². The molecule has 0 radical (unpaired) electrons. The molecule has 3 aromatic rings. The number of hydrogen-bond donors (Lipinski definition) is 3. The molecule has 3 N–H and O–H groups in total. The molecule has 0 fully saturated rings. The number of nitriles is 1. The predicted molar refractivity (Wildman–Crippen MR) is 98.3 cm³/mol. The first-order chi connectivity index (χ1) is 12.6. The van der Waals surface area contributed by atoms with Crippen molar-refractivity contribution in [3.8, 4) is 6.07 Å². The average molecular weight is 345 g/mol. The highest BCUT2D eigenvalue weighted by Gasteiger charge is 2.03. The van der Waals surface area contributed by atoms with Crippen molar-refractivity contribution in [3.63, 3.8) is 0 Å². The number of rotatable bonds is 5. The third-order valence-electron chi connectivity index (χ3n) is 3.31. The van der Waals surface area contributed by atoms with Crippen molar-refractivity contribution in [2.75, 3.05) is 16.0 Å². The molecule has 0 unspecified atom stereocenters. The van der Waals surface area contributed by atoms with E-state index in [0.717, 1.165) is 11.4 Å². The lowest BCUT2D eigenvalue weighted by Gasteiger charge is -2.08. The molecule has 3 rings (SSSR count). The first kappa shape index (κ1) is 16.9. The van der Waals surface area contributed by atoms with E-state index in [1.165, 1.54) is 13.1 Å². The fraction of sp³-hybridized carbons (Fsp3) is 0.0556. The molecule has 0 aliphatic rings. The molecule has 0 aliphatic heterocycles. The quantitative estimate of drug-likeness (QED) is 0.650. The van der Waals surface area contributed by atoms with E-state index in [1.807, 2.05) is 0 Å². The van der Waals surface area contributed by atoms with Crippen LogP contribution in [-0.4, -0.2) is 21.1 Å². The Kier molecular flexibility index (Phi) is 5.00. The van der Waals surface area contributed by atoms with E-state index in [4.69, 9.17) is 5.26 Å².